The summed E-state index contributed by atoms with van der Waals surface area (Å²) in [6, 6.07) is 6.77. The highest BCUT2D eigenvalue weighted by atomic mass is 79.9. The van der Waals surface area contributed by atoms with Crippen LogP contribution in [0.5, 0.6) is 0 Å². The van der Waals surface area contributed by atoms with Crippen molar-refractivity contribution in [2.75, 3.05) is 11.9 Å². The number of hydrogen-bond donors (Lipinski definition) is 0. The first-order valence-electron chi connectivity index (χ1n) is 11.8. The lowest BCUT2D eigenvalue weighted by atomic mass is 10.1. The second-order valence-corrected chi connectivity index (χ2v) is 12.2. The summed E-state index contributed by atoms with van der Waals surface area (Å²) in [4.78, 5) is 16.6. The molecule has 0 spiro atoms. The Morgan fingerprint density at radius 3 is 2.48 bits per heavy atom. The van der Waals surface area contributed by atoms with Crippen LogP contribution in [0.4, 0.5) is 5.88 Å². The van der Waals surface area contributed by atoms with E-state index in [0.717, 1.165) is 0 Å². The van der Waals surface area contributed by atoms with Gasteiger partial charge in [-0.05, 0) is 40.2 Å². The van der Waals surface area contributed by atoms with Crippen LogP contribution in [0.2, 0.25) is 30.4 Å². The molecule has 42 heavy (non-hydrogen) atoms. The zero-order valence-corrected chi connectivity index (χ0v) is 27.4. The Morgan fingerprint density at radius 1 is 0.952 bits per heavy atom. The first kappa shape index (κ1) is 29.5. The van der Waals surface area contributed by atoms with E-state index >= 15 is 0 Å². The van der Waals surface area contributed by atoms with Crippen LogP contribution in [0.15, 0.2) is 51.9 Å². The van der Waals surface area contributed by atoms with Crippen LogP contribution in [0, 0.1) is 6.20 Å². The summed E-state index contributed by atoms with van der Waals surface area (Å²) in [5.74, 6) is 0.376. The summed E-state index contributed by atoms with van der Waals surface area (Å²) in [5, 5.41) is 10.2. The lowest BCUT2D eigenvalue weighted by molar-refractivity contribution is 0.333. The van der Waals surface area contributed by atoms with Crippen molar-refractivity contribution in [2.24, 2.45) is 7.05 Å². The van der Waals surface area contributed by atoms with E-state index in [1.807, 2.05) is 22.9 Å². The van der Waals surface area contributed by atoms with Crippen LogP contribution in [0.3, 0.4) is 0 Å². The molecule has 0 fully saturated rings. The van der Waals surface area contributed by atoms with Gasteiger partial charge >= 0.3 is 0 Å². The molecule has 213 valence electrons. The molecule has 9 nitrogen and oxygen atoms in total. The highest BCUT2D eigenvalue weighted by Crippen LogP contribution is 2.48. The number of aryl methyl sites for hydroxylation is 1. The molecule has 1 aliphatic rings. The third kappa shape index (κ3) is 5.13. The van der Waals surface area contributed by atoms with Gasteiger partial charge in [-0.25, -0.2) is 9.97 Å². The van der Waals surface area contributed by atoms with Gasteiger partial charge in [-0.15, -0.1) is 0 Å². The monoisotopic (exact) mass is 743 g/mol. The van der Waals surface area contributed by atoms with E-state index in [4.69, 9.17) is 74.1 Å². The Balaban J connectivity index is 1.52. The molecule has 0 saturated heterocycles. The van der Waals surface area contributed by atoms with Crippen molar-refractivity contribution in [2.45, 2.75) is 6.17 Å². The van der Waals surface area contributed by atoms with Gasteiger partial charge in [0.05, 0.1) is 49.6 Å². The number of rotatable bonds is 5. The van der Waals surface area contributed by atoms with Gasteiger partial charge < -0.3 is 9.42 Å². The first-order chi connectivity index (χ1) is 20.0. The van der Waals surface area contributed by atoms with E-state index < -0.39 is 6.17 Å². The zero-order valence-electron chi connectivity index (χ0n) is 21.3. The largest absolute Gasteiger partial charge is 0.347 e. The lowest BCUT2D eigenvalue weighted by Gasteiger charge is -2.31. The van der Waals surface area contributed by atoms with E-state index in [1.165, 1.54) is 18.6 Å². The molecule has 1 radical (unpaired) electrons. The molecule has 0 amide bonds. The molecule has 5 aromatic rings. The predicted octanol–water partition coefficient (Wildman–Crippen LogP) is 8.86. The predicted molar refractivity (Wildman–Crippen MR) is 168 cm³/mol. The molecule has 0 bridgehead atoms. The summed E-state index contributed by atoms with van der Waals surface area (Å²) in [7, 11) is 3.63. The molecular weight excluding hydrogens is 733 g/mol. The number of aromatic nitrogens is 6. The second kappa shape index (κ2) is 11.5. The fourth-order valence-electron chi connectivity index (χ4n) is 4.57. The summed E-state index contributed by atoms with van der Waals surface area (Å²) in [6.45, 7) is 0. The summed E-state index contributed by atoms with van der Waals surface area (Å²) >= 11 is 42.4. The van der Waals surface area contributed by atoms with Crippen molar-refractivity contribution < 1.29 is 4.52 Å². The zero-order chi connectivity index (χ0) is 29.9. The van der Waals surface area contributed by atoms with Crippen LogP contribution < -0.4 is 4.90 Å². The van der Waals surface area contributed by atoms with Gasteiger partial charge in [0, 0.05) is 37.6 Å². The number of halogens is 7. The van der Waals surface area contributed by atoms with Gasteiger partial charge in [-0.1, -0.05) is 74.8 Å². The maximum Gasteiger partial charge on any atom is 0.248 e. The highest BCUT2D eigenvalue weighted by molar-refractivity contribution is 9.10. The van der Waals surface area contributed by atoms with Gasteiger partial charge in [0.25, 0.3) is 0 Å². The molecule has 1 aliphatic heterocycles. The van der Waals surface area contributed by atoms with Crippen LogP contribution in [-0.2, 0) is 7.05 Å². The summed E-state index contributed by atoms with van der Waals surface area (Å²) < 4.78 is 7.98. The van der Waals surface area contributed by atoms with E-state index in [9.17, 15) is 0 Å². The topological polar surface area (TPSA) is 89.0 Å². The lowest BCUT2D eigenvalue weighted by Crippen LogP contribution is -2.30. The first-order valence-corrected chi connectivity index (χ1v) is 14.9. The SMILES string of the molecule is CN1[C]=C(c2cc(-c3cc(Cl)cnc3Cl)nn2C)N(c2oncc2Br)C1c1cc(Cl)nc(-c2nccc(Cl)c2Cl)c1Cl. The van der Waals surface area contributed by atoms with Crippen molar-refractivity contribution in [1.29, 1.82) is 0 Å². The molecule has 0 aliphatic carbocycles. The van der Waals surface area contributed by atoms with E-state index in [1.54, 1.807) is 29.9 Å². The summed E-state index contributed by atoms with van der Waals surface area (Å²) in [5.41, 5.74) is 3.47. The van der Waals surface area contributed by atoms with Crippen LogP contribution in [0.25, 0.3) is 28.3 Å². The Kier molecular flexibility index (Phi) is 8.08. The van der Waals surface area contributed by atoms with Gasteiger partial charge in [-0.3, -0.25) is 14.6 Å². The average Bonchev–Trinajstić information content (AvgIpc) is 3.64. The highest BCUT2D eigenvalue weighted by Gasteiger charge is 2.40. The van der Waals surface area contributed by atoms with Gasteiger partial charge in [0.15, 0.2) is 0 Å². The molecule has 0 aromatic carbocycles. The quantitative estimate of drug-likeness (QED) is 0.165. The molecule has 5 aromatic heterocycles. The minimum atomic E-state index is -0.635. The van der Waals surface area contributed by atoms with Crippen LogP contribution in [0.1, 0.15) is 17.4 Å². The van der Waals surface area contributed by atoms with E-state index in [0.29, 0.717) is 48.6 Å². The molecule has 6 heterocycles. The third-order valence-electron chi connectivity index (χ3n) is 6.37. The van der Waals surface area contributed by atoms with Gasteiger partial charge in [0.2, 0.25) is 5.88 Å². The Labute approximate surface area is 277 Å². The van der Waals surface area contributed by atoms with Crippen LogP contribution >= 0.6 is 85.5 Å². The van der Waals surface area contributed by atoms with Crippen molar-refractivity contribution in [3.8, 4) is 22.6 Å². The maximum absolute atomic E-state index is 7.03. The fraction of sp³-hybridized carbons (Fsp3) is 0.115. The maximum atomic E-state index is 7.03. The molecule has 16 heteroatoms. The molecule has 0 N–H and O–H groups in total. The van der Waals surface area contributed by atoms with Crippen molar-refractivity contribution in [1.82, 2.24) is 34.8 Å². The summed E-state index contributed by atoms with van der Waals surface area (Å²) in [6.07, 6.45) is 7.27. The normalized spacial score (nSPS) is 15.1. The molecule has 1 unspecified atom stereocenters. The smallest absolute Gasteiger partial charge is 0.248 e. The van der Waals surface area contributed by atoms with Crippen molar-refractivity contribution in [3.63, 3.8) is 0 Å². The Morgan fingerprint density at radius 2 is 1.74 bits per heavy atom. The minimum absolute atomic E-state index is 0.159. The number of nitrogens with zero attached hydrogens (tertiary/aromatic N) is 8. The van der Waals surface area contributed by atoms with Crippen molar-refractivity contribution in [3.05, 3.63) is 95.2 Å². The van der Waals surface area contributed by atoms with Gasteiger partial charge in [0.1, 0.15) is 32.3 Å². The second-order valence-electron chi connectivity index (χ2n) is 8.98. The molecule has 0 saturated carbocycles. The van der Waals surface area contributed by atoms with Gasteiger partial charge in [-0.2, -0.15) is 5.10 Å². The number of hydrogen-bond acceptors (Lipinski definition) is 8. The molecule has 6 rings (SSSR count). The third-order valence-corrected chi connectivity index (χ3v) is 8.80. The van der Waals surface area contributed by atoms with Crippen molar-refractivity contribution >= 4 is 97.1 Å². The van der Waals surface area contributed by atoms with Crippen LogP contribution in [-0.4, -0.2) is 41.8 Å². The Bertz CT molecular complexity index is 1890. The minimum Gasteiger partial charge on any atom is -0.347 e. The molecule has 1 atom stereocenters. The molecular formula is C26H14BrCl6N8O. The Hall–Kier alpha value is -2.57. The number of pyridine rings is 3. The fourth-order valence-corrected chi connectivity index (χ4v) is 6.11. The number of anilines is 1. The standard InChI is InChI=1S/C26H14BrCl6N8O/c1-39-10-18(17-7-16(38-40(17)2)12-5-11(28)8-35-24(12)33)41(26-14(27)9-36-42-26)25(39)13-6-19(30)37-23(20(13)31)22-21(32)15(29)3-4-34-22/h3-9,25H,1-2H3. The average molecular weight is 747 g/mol. The van der Waals surface area contributed by atoms with E-state index in [-0.39, 0.29) is 31.7 Å². The van der Waals surface area contributed by atoms with E-state index in [2.05, 4.69) is 47.3 Å².